The fourth-order valence-electron chi connectivity index (χ4n) is 1.45. The van der Waals surface area contributed by atoms with E-state index >= 15 is 0 Å². The Morgan fingerprint density at radius 1 is 1.41 bits per heavy atom. The third kappa shape index (κ3) is 4.84. The summed E-state index contributed by atoms with van der Waals surface area (Å²) in [7, 11) is 0. The van der Waals surface area contributed by atoms with Crippen LogP contribution in [-0.4, -0.2) is 5.78 Å². The topological polar surface area (TPSA) is 40.9 Å². The Bertz CT molecular complexity index is 454. The first kappa shape index (κ1) is 13.5. The van der Waals surface area contributed by atoms with Crippen LogP contribution in [0.1, 0.15) is 36.5 Å². The smallest absolute Gasteiger partial charge is 0.166 e. The quantitative estimate of drug-likeness (QED) is 0.445. The lowest BCUT2D eigenvalue weighted by atomic mass is 10.0. The lowest BCUT2D eigenvalue weighted by molar-refractivity contribution is 0.0993. The highest BCUT2D eigenvalue weighted by Crippen LogP contribution is 2.13. The van der Waals surface area contributed by atoms with E-state index in [1.807, 2.05) is 13.0 Å². The van der Waals surface area contributed by atoms with Crippen molar-refractivity contribution in [1.29, 1.82) is 5.26 Å². The number of hydrogen-bond donors (Lipinski definition) is 0. The SMILES string of the molecule is CC(=CCCC#N)CC(=O)c1ccc(Cl)cc1. The van der Waals surface area contributed by atoms with Crippen LogP contribution in [0.2, 0.25) is 5.02 Å². The van der Waals surface area contributed by atoms with Crippen LogP contribution in [0, 0.1) is 11.3 Å². The van der Waals surface area contributed by atoms with Gasteiger partial charge in [0.25, 0.3) is 0 Å². The Balaban J connectivity index is 2.57. The monoisotopic (exact) mass is 247 g/mol. The molecule has 0 fully saturated rings. The molecule has 0 heterocycles. The number of nitriles is 1. The van der Waals surface area contributed by atoms with Gasteiger partial charge in [0.15, 0.2) is 5.78 Å². The molecule has 0 aliphatic rings. The van der Waals surface area contributed by atoms with Crippen LogP contribution in [0.4, 0.5) is 0 Å². The first-order valence-electron chi connectivity index (χ1n) is 5.45. The lowest BCUT2D eigenvalue weighted by Crippen LogP contribution is -1.99. The molecule has 0 saturated heterocycles. The summed E-state index contributed by atoms with van der Waals surface area (Å²) in [6.45, 7) is 1.91. The van der Waals surface area contributed by atoms with Crippen molar-refractivity contribution in [2.45, 2.75) is 26.2 Å². The molecule has 0 unspecified atom stereocenters. The van der Waals surface area contributed by atoms with Crippen molar-refractivity contribution >= 4 is 17.4 Å². The molecule has 0 atom stereocenters. The molecular formula is C14H14ClNO. The molecule has 0 spiro atoms. The van der Waals surface area contributed by atoms with E-state index in [9.17, 15) is 4.79 Å². The van der Waals surface area contributed by atoms with Gasteiger partial charge in [-0.25, -0.2) is 0 Å². The summed E-state index contributed by atoms with van der Waals surface area (Å²) in [5.41, 5.74) is 1.67. The average Bonchev–Trinajstić information content (AvgIpc) is 2.30. The van der Waals surface area contributed by atoms with Crippen molar-refractivity contribution in [2.24, 2.45) is 0 Å². The number of halogens is 1. The molecule has 1 aromatic rings. The van der Waals surface area contributed by atoms with Crippen LogP contribution in [0.25, 0.3) is 0 Å². The lowest BCUT2D eigenvalue weighted by Gasteiger charge is -2.01. The van der Waals surface area contributed by atoms with E-state index in [4.69, 9.17) is 16.9 Å². The van der Waals surface area contributed by atoms with E-state index in [2.05, 4.69) is 6.07 Å². The van der Waals surface area contributed by atoms with Crippen LogP contribution in [0.5, 0.6) is 0 Å². The molecule has 0 radical (unpaired) electrons. The number of allylic oxidation sites excluding steroid dienone is 2. The van der Waals surface area contributed by atoms with Crippen LogP contribution >= 0.6 is 11.6 Å². The Morgan fingerprint density at radius 3 is 2.65 bits per heavy atom. The minimum atomic E-state index is 0.0763. The third-order valence-corrected chi connectivity index (χ3v) is 2.61. The third-order valence-electron chi connectivity index (χ3n) is 2.35. The van der Waals surface area contributed by atoms with E-state index in [1.165, 1.54) is 0 Å². The largest absolute Gasteiger partial charge is 0.294 e. The highest BCUT2D eigenvalue weighted by Gasteiger charge is 2.05. The Labute approximate surface area is 107 Å². The summed E-state index contributed by atoms with van der Waals surface area (Å²) in [6, 6.07) is 8.95. The Kier molecular flexibility index (Phi) is 5.45. The van der Waals surface area contributed by atoms with Crippen molar-refractivity contribution in [3.05, 3.63) is 46.5 Å². The maximum atomic E-state index is 11.9. The van der Waals surface area contributed by atoms with Gasteiger partial charge in [0.05, 0.1) is 6.07 Å². The standard InChI is InChI=1S/C14H14ClNO/c1-11(4-2-3-9-16)10-14(17)12-5-7-13(15)8-6-12/h4-8H,2-3,10H2,1H3. The maximum absolute atomic E-state index is 11.9. The van der Waals surface area contributed by atoms with Crippen molar-refractivity contribution in [2.75, 3.05) is 0 Å². The predicted octanol–water partition coefficient (Wildman–Crippen LogP) is 4.16. The number of unbranched alkanes of at least 4 members (excludes halogenated alkanes) is 1. The molecule has 88 valence electrons. The molecule has 2 nitrogen and oxygen atoms in total. The fourth-order valence-corrected chi connectivity index (χ4v) is 1.57. The summed E-state index contributed by atoms with van der Waals surface area (Å²) in [5, 5.41) is 9.03. The molecular weight excluding hydrogens is 234 g/mol. The van der Waals surface area contributed by atoms with Gasteiger partial charge < -0.3 is 0 Å². The summed E-state index contributed by atoms with van der Waals surface area (Å²) in [6.07, 6.45) is 3.53. The van der Waals surface area contributed by atoms with Crippen molar-refractivity contribution in [3.63, 3.8) is 0 Å². The van der Waals surface area contributed by atoms with Crippen LogP contribution in [0.3, 0.4) is 0 Å². The van der Waals surface area contributed by atoms with E-state index < -0.39 is 0 Å². The molecule has 0 aromatic heterocycles. The van der Waals surface area contributed by atoms with Crippen molar-refractivity contribution < 1.29 is 4.79 Å². The van der Waals surface area contributed by atoms with Gasteiger partial charge in [-0.1, -0.05) is 23.3 Å². The van der Waals surface area contributed by atoms with Gasteiger partial charge in [-0.3, -0.25) is 4.79 Å². The van der Waals surface area contributed by atoms with E-state index in [0.29, 0.717) is 29.8 Å². The molecule has 0 bridgehead atoms. The summed E-state index contributed by atoms with van der Waals surface area (Å²) < 4.78 is 0. The number of benzene rings is 1. The van der Waals surface area contributed by atoms with Gasteiger partial charge >= 0.3 is 0 Å². The van der Waals surface area contributed by atoms with E-state index in [0.717, 1.165) is 5.57 Å². The Morgan fingerprint density at radius 2 is 2.06 bits per heavy atom. The average molecular weight is 248 g/mol. The van der Waals surface area contributed by atoms with Gasteiger partial charge in [-0.05, 0) is 37.6 Å². The molecule has 0 aliphatic heterocycles. The minimum absolute atomic E-state index is 0.0763. The zero-order valence-corrected chi connectivity index (χ0v) is 10.5. The van der Waals surface area contributed by atoms with E-state index in [1.54, 1.807) is 24.3 Å². The second-order valence-electron chi connectivity index (χ2n) is 3.85. The van der Waals surface area contributed by atoms with Crippen LogP contribution in [-0.2, 0) is 0 Å². The maximum Gasteiger partial charge on any atom is 0.166 e. The van der Waals surface area contributed by atoms with Gasteiger partial charge in [0.1, 0.15) is 0 Å². The first-order chi connectivity index (χ1) is 8.13. The number of nitrogens with zero attached hydrogens (tertiary/aromatic N) is 1. The molecule has 1 rings (SSSR count). The zero-order chi connectivity index (χ0) is 12.7. The number of ketones is 1. The molecule has 0 saturated carbocycles. The minimum Gasteiger partial charge on any atom is -0.294 e. The molecule has 3 heteroatoms. The summed E-state index contributed by atoms with van der Waals surface area (Å²) in [5.74, 6) is 0.0763. The number of rotatable bonds is 5. The number of carbonyl (C=O) groups excluding carboxylic acids is 1. The second-order valence-corrected chi connectivity index (χ2v) is 4.29. The number of hydrogen-bond acceptors (Lipinski definition) is 2. The predicted molar refractivity (Wildman–Crippen MR) is 69.0 cm³/mol. The molecule has 0 amide bonds. The highest BCUT2D eigenvalue weighted by atomic mass is 35.5. The van der Waals surface area contributed by atoms with Gasteiger partial charge in [-0.15, -0.1) is 0 Å². The fraction of sp³-hybridized carbons (Fsp3) is 0.286. The van der Waals surface area contributed by atoms with E-state index in [-0.39, 0.29) is 5.78 Å². The number of carbonyl (C=O) groups is 1. The Hall–Kier alpha value is -1.59. The summed E-state index contributed by atoms with van der Waals surface area (Å²) in [4.78, 5) is 11.9. The zero-order valence-electron chi connectivity index (χ0n) is 9.74. The molecule has 0 aliphatic carbocycles. The molecule has 17 heavy (non-hydrogen) atoms. The first-order valence-corrected chi connectivity index (χ1v) is 5.82. The van der Waals surface area contributed by atoms with Crippen LogP contribution in [0.15, 0.2) is 35.9 Å². The van der Waals surface area contributed by atoms with Crippen LogP contribution < -0.4 is 0 Å². The second kappa shape index (κ2) is 6.88. The molecule has 0 N–H and O–H groups in total. The normalized spacial score (nSPS) is 11.0. The van der Waals surface area contributed by atoms with Gasteiger partial charge in [-0.2, -0.15) is 5.26 Å². The molecule has 1 aromatic carbocycles. The van der Waals surface area contributed by atoms with Crippen molar-refractivity contribution in [1.82, 2.24) is 0 Å². The number of Topliss-reactive ketones (excluding diaryl/α,β-unsaturated/α-hetero) is 1. The van der Waals surface area contributed by atoms with Gasteiger partial charge in [0, 0.05) is 23.4 Å². The van der Waals surface area contributed by atoms with Crippen molar-refractivity contribution in [3.8, 4) is 6.07 Å². The highest BCUT2D eigenvalue weighted by molar-refractivity contribution is 6.30. The summed E-state index contributed by atoms with van der Waals surface area (Å²) >= 11 is 5.75. The van der Waals surface area contributed by atoms with Gasteiger partial charge in [0.2, 0.25) is 0 Å².